The molecule has 0 amide bonds. The van der Waals surface area contributed by atoms with Crippen LogP contribution in [0.5, 0.6) is 11.5 Å². The second-order valence-corrected chi connectivity index (χ2v) is 13.3. The number of benzene rings is 1. The van der Waals surface area contributed by atoms with Crippen LogP contribution in [0.1, 0.15) is 114 Å². The fraction of sp³-hybridized carbons (Fsp3) is 0.735. The number of hydrogen-bond acceptors (Lipinski definition) is 7. The molecule has 1 unspecified atom stereocenters. The zero-order valence-corrected chi connectivity index (χ0v) is 24.8. The van der Waals surface area contributed by atoms with E-state index in [1.807, 2.05) is 6.07 Å². The van der Waals surface area contributed by atoms with Gasteiger partial charge < -0.3 is 19.0 Å². The van der Waals surface area contributed by atoms with Crippen molar-refractivity contribution in [1.82, 2.24) is 4.90 Å². The third-order valence-corrected chi connectivity index (χ3v) is 10.8. The van der Waals surface area contributed by atoms with Gasteiger partial charge in [-0.2, -0.15) is 0 Å². The van der Waals surface area contributed by atoms with E-state index < -0.39 is 23.1 Å². The van der Waals surface area contributed by atoms with E-state index in [2.05, 4.69) is 11.8 Å². The highest BCUT2D eigenvalue weighted by Gasteiger charge is 2.73. The lowest BCUT2D eigenvalue weighted by atomic mass is 9.44. The molecule has 6 rings (SSSR count). The molecule has 0 aromatic heterocycles. The first-order chi connectivity index (χ1) is 20.0. The molecule has 2 heterocycles. The third kappa shape index (κ3) is 5.10. The molecule has 7 heteroatoms. The Morgan fingerprint density at radius 2 is 1.78 bits per heavy atom. The molecule has 0 N–H and O–H groups in total. The molecule has 7 nitrogen and oxygen atoms in total. The Morgan fingerprint density at radius 1 is 1.05 bits per heavy atom. The number of likely N-dealkylation sites (tertiary alicyclic amines) is 1. The van der Waals surface area contributed by atoms with Gasteiger partial charge in [-0.05, 0) is 62.6 Å². The van der Waals surface area contributed by atoms with Crippen LogP contribution in [-0.2, 0) is 26.2 Å². The quantitative estimate of drug-likeness (QED) is 0.101. The van der Waals surface area contributed by atoms with Crippen LogP contribution in [0, 0.1) is 11.3 Å². The van der Waals surface area contributed by atoms with E-state index in [-0.39, 0.29) is 11.8 Å². The average molecular weight is 566 g/mol. The van der Waals surface area contributed by atoms with Crippen molar-refractivity contribution in [3.05, 3.63) is 23.3 Å². The van der Waals surface area contributed by atoms with Gasteiger partial charge in [0.1, 0.15) is 6.29 Å². The number of nitrogens with zero attached hydrogens (tertiary/aromatic N) is 1. The number of Topliss-reactive ketones (excluding diaryl/α,β-unsaturated/α-hetero) is 1. The van der Waals surface area contributed by atoms with Crippen LogP contribution >= 0.6 is 0 Å². The summed E-state index contributed by atoms with van der Waals surface area (Å²) in [6, 6.07) is 3.87. The minimum Gasteiger partial charge on any atom is -0.477 e. The molecule has 41 heavy (non-hydrogen) atoms. The Kier molecular flexibility index (Phi) is 8.44. The normalized spacial score (nSPS) is 29.5. The second-order valence-electron chi connectivity index (χ2n) is 13.3. The average Bonchev–Trinajstić information content (AvgIpc) is 3.72. The zero-order valence-electron chi connectivity index (χ0n) is 24.8. The summed E-state index contributed by atoms with van der Waals surface area (Å²) in [7, 11) is 0. The maximum Gasteiger partial charge on any atom is 0.513 e. The lowest BCUT2D eigenvalue weighted by molar-refractivity contribution is -0.160. The van der Waals surface area contributed by atoms with E-state index in [0.29, 0.717) is 37.4 Å². The summed E-state index contributed by atoms with van der Waals surface area (Å²) in [5.74, 6) is 1.55. The van der Waals surface area contributed by atoms with E-state index in [4.69, 9.17) is 14.2 Å². The van der Waals surface area contributed by atoms with Crippen molar-refractivity contribution < 1.29 is 28.6 Å². The van der Waals surface area contributed by atoms with Crippen molar-refractivity contribution in [3.8, 4) is 11.5 Å². The number of rotatable bonds is 15. The van der Waals surface area contributed by atoms with Gasteiger partial charge in [0, 0.05) is 24.6 Å². The zero-order chi connectivity index (χ0) is 28.5. The molecule has 1 saturated heterocycles. The number of aldehydes is 1. The van der Waals surface area contributed by atoms with Gasteiger partial charge in [-0.25, -0.2) is 4.79 Å². The monoisotopic (exact) mass is 565 g/mol. The summed E-state index contributed by atoms with van der Waals surface area (Å²) in [4.78, 5) is 41.6. The maximum atomic E-state index is 13.3. The fourth-order valence-corrected chi connectivity index (χ4v) is 8.54. The van der Waals surface area contributed by atoms with E-state index in [9.17, 15) is 14.4 Å². The number of carbonyl (C=O) groups excluding carboxylic acids is 3. The van der Waals surface area contributed by atoms with Crippen LogP contribution in [0.25, 0.3) is 0 Å². The number of piperidine rings is 1. The predicted molar refractivity (Wildman–Crippen MR) is 155 cm³/mol. The molecule has 2 saturated carbocycles. The molecule has 2 aliphatic heterocycles. The van der Waals surface area contributed by atoms with Crippen molar-refractivity contribution in [2.75, 3.05) is 19.7 Å². The van der Waals surface area contributed by atoms with E-state index in [0.717, 1.165) is 62.1 Å². The third-order valence-electron chi connectivity index (χ3n) is 10.8. The van der Waals surface area contributed by atoms with Gasteiger partial charge in [0.15, 0.2) is 23.4 Å². The van der Waals surface area contributed by atoms with Gasteiger partial charge in [-0.1, -0.05) is 70.8 Å². The number of unbranched alkanes of at least 4 members (excludes halogenated alkanes) is 9. The highest BCUT2D eigenvalue weighted by molar-refractivity contribution is 5.92. The summed E-state index contributed by atoms with van der Waals surface area (Å²) < 4.78 is 17.5. The Morgan fingerprint density at radius 3 is 2.49 bits per heavy atom. The van der Waals surface area contributed by atoms with E-state index in [1.54, 1.807) is 6.07 Å². The van der Waals surface area contributed by atoms with Crippen LogP contribution in [0.15, 0.2) is 12.1 Å². The number of hydrogen-bond donors (Lipinski definition) is 0. The molecule has 3 fully saturated rings. The largest absolute Gasteiger partial charge is 0.513 e. The summed E-state index contributed by atoms with van der Waals surface area (Å²) in [6.45, 7) is 4.46. The lowest BCUT2D eigenvalue weighted by Gasteiger charge is -2.63. The summed E-state index contributed by atoms with van der Waals surface area (Å²) >= 11 is 0. The molecule has 5 aliphatic rings. The van der Waals surface area contributed by atoms with Crippen LogP contribution in [0.4, 0.5) is 4.79 Å². The highest BCUT2D eigenvalue weighted by Crippen LogP contribution is 2.68. The minimum atomic E-state index is -0.742. The van der Waals surface area contributed by atoms with E-state index >= 15 is 0 Å². The summed E-state index contributed by atoms with van der Waals surface area (Å²) in [5.41, 5.74) is 0.707. The van der Waals surface area contributed by atoms with Crippen LogP contribution < -0.4 is 9.47 Å². The molecule has 0 radical (unpaired) electrons. The van der Waals surface area contributed by atoms with Crippen molar-refractivity contribution >= 4 is 18.2 Å². The molecule has 3 aliphatic carbocycles. The van der Waals surface area contributed by atoms with Crippen molar-refractivity contribution in [2.45, 2.75) is 127 Å². The molecule has 1 aromatic rings. The second kappa shape index (κ2) is 12.1. The molecule has 4 atom stereocenters. The first-order valence-corrected chi connectivity index (χ1v) is 16.4. The predicted octanol–water partition coefficient (Wildman–Crippen LogP) is 6.71. The molecule has 1 spiro atoms. The van der Waals surface area contributed by atoms with Crippen LogP contribution in [-0.4, -0.2) is 55.0 Å². The Bertz CT molecular complexity index is 1150. The molecule has 2 bridgehead atoms. The number of ketones is 1. The summed E-state index contributed by atoms with van der Waals surface area (Å²) in [6.07, 6.45) is 16.8. The van der Waals surface area contributed by atoms with Crippen LogP contribution in [0.2, 0.25) is 0 Å². The van der Waals surface area contributed by atoms with Crippen molar-refractivity contribution in [1.29, 1.82) is 0 Å². The number of ether oxygens (including phenoxy) is 3. The van der Waals surface area contributed by atoms with Gasteiger partial charge in [0.2, 0.25) is 0 Å². The first-order valence-electron chi connectivity index (χ1n) is 16.4. The molecule has 1 aromatic carbocycles. The van der Waals surface area contributed by atoms with Gasteiger partial charge in [-0.3, -0.25) is 9.69 Å². The Balaban J connectivity index is 1.10. The smallest absolute Gasteiger partial charge is 0.477 e. The summed E-state index contributed by atoms with van der Waals surface area (Å²) in [5, 5.41) is 0. The first kappa shape index (κ1) is 28.7. The topological polar surface area (TPSA) is 82.1 Å². The van der Waals surface area contributed by atoms with Gasteiger partial charge >= 0.3 is 6.16 Å². The Hall–Kier alpha value is -2.41. The fourth-order valence-electron chi connectivity index (χ4n) is 8.54. The van der Waals surface area contributed by atoms with Crippen molar-refractivity contribution in [3.63, 3.8) is 0 Å². The Labute approximate surface area is 244 Å². The molecular formula is C34H47NO6. The standard InChI is InChI=1S/C34H47NO6/c1-2-3-4-5-6-7-8-9-10-11-20-39-32(38)40-27-15-14-25-21-28-33(23-36)17-16-26(37)31-34(33,29(25)30(27)41-31)18-19-35(28)22-24-12-13-24/h14-15,23-24,28,31H,2-13,16-22H2,1H3/t28?,31-,33+,34-/m0/s1. The SMILES string of the molecule is CCCCCCCCCCCCOC(=O)Oc1ccc2c3c1O[C@H]1C(=O)CC[C@@]4(C=O)C(C2)N(CC2CC2)CC[C@]314. The highest BCUT2D eigenvalue weighted by atomic mass is 16.7. The van der Waals surface area contributed by atoms with Gasteiger partial charge in [0.25, 0.3) is 0 Å². The molecule has 224 valence electrons. The van der Waals surface area contributed by atoms with Gasteiger partial charge in [0.05, 0.1) is 17.4 Å². The minimum absolute atomic E-state index is 0.0513. The van der Waals surface area contributed by atoms with Gasteiger partial charge in [-0.15, -0.1) is 0 Å². The van der Waals surface area contributed by atoms with E-state index in [1.165, 1.54) is 57.8 Å². The molecular weight excluding hydrogens is 518 g/mol. The number of carbonyl (C=O) groups is 3. The van der Waals surface area contributed by atoms with Crippen molar-refractivity contribution in [2.24, 2.45) is 11.3 Å². The van der Waals surface area contributed by atoms with Crippen LogP contribution in [0.3, 0.4) is 0 Å². The maximum absolute atomic E-state index is 13.3. The lowest BCUT2D eigenvalue weighted by Crippen LogP contribution is -2.73.